The fraction of sp³-hybridized carbons (Fsp3) is 0.571. The highest BCUT2D eigenvalue weighted by Gasteiger charge is 2.22. The highest BCUT2D eigenvalue weighted by atomic mass is 32.2. The molecule has 0 saturated carbocycles. The van der Waals surface area contributed by atoms with Crippen molar-refractivity contribution in [1.82, 2.24) is 25.4 Å². The van der Waals surface area contributed by atoms with Crippen LogP contribution in [-0.2, 0) is 11.3 Å². The summed E-state index contributed by atoms with van der Waals surface area (Å²) in [7, 11) is 0. The van der Waals surface area contributed by atoms with Crippen molar-refractivity contribution in [2.24, 2.45) is 0 Å². The van der Waals surface area contributed by atoms with Crippen LogP contribution in [0.5, 0.6) is 0 Å². The van der Waals surface area contributed by atoms with E-state index in [1.54, 1.807) is 13.0 Å². The van der Waals surface area contributed by atoms with Gasteiger partial charge in [0.1, 0.15) is 5.82 Å². The molecule has 1 aromatic heterocycles. The molecule has 0 aromatic carbocycles. The van der Waals surface area contributed by atoms with E-state index in [4.69, 9.17) is 0 Å². The van der Waals surface area contributed by atoms with Gasteiger partial charge in [-0.2, -0.15) is 0 Å². The Hall–Kier alpha value is -1.83. The predicted octanol–water partition coefficient (Wildman–Crippen LogP) is 1.88. The van der Waals surface area contributed by atoms with Crippen LogP contribution in [0.4, 0.5) is 4.79 Å². The van der Waals surface area contributed by atoms with Gasteiger partial charge >= 0.3 is 6.03 Å². The third-order valence-electron chi connectivity index (χ3n) is 2.59. The lowest BCUT2D eigenvalue weighted by Gasteiger charge is -2.21. The van der Waals surface area contributed by atoms with Crippen LogP contribution in [0.15, 0.2) is 17.8 Å². The van der Waals surface area contributed by atoms with Crippen molar-refractivity contribution in [2.45, 2.75) is 57.1 Å². The average molecular weight is 325 g/mol. The molecule has 2 N–H and O–H groups in total. The van der Waals surface area contributed by atoms with E-state index in [1.807, 2.05) is 32.3 Å². The molecule has 0 aliphatic heterocycles. The number of amides is 3. The standard InChI is InChI=1S/C14H23N5O2S/c1-7-8-19-10(3)17-18-13(19)22-9(2)11(20)15-12(21)16-14(4,5)6/h7,9H,1,8H2,2-6H3,(H2,15,16,20,21)/t9-/m0/s1. The lowest BCUT2D eigenvalue weighted by Crippen LogP contribution is -2.49. The Kier molecular flexibility index (Phi) is 6.16. The third kappa shape index (κ3) is 5.51. The van der Waals surface area contributed by atoms with Crippen LogP contribution in [0.1, 0.15) is 33.5 Å². The number of urea groups is 1. The SMILES string of the molecule is C=CCn1c(C)nnc1S[C@@H](C)C(=O)NC(=O)NC(C)(C)C. The molecule has 7 nitrogen and oxygen atoms in total. The fourth-order valence-electron chi connectivity index (χ4n) is 1.59. The lowest BCUT2D eigenvalue weighted by atomic mass is 10.1. The first kappa shape index (κ1) is 18.2. The number of hydrogen-bond acceptors (Lipinski definition) is 5. The Morgan fingerprint density at radius 1 is 1.41 bits per heavy atom. The van der Waals surface area contributed by atoms with Crippen molar-refractivity contribution < 1.29 is 9.59 Å². The molecule has 0 aliphatic rings. The van der Waals surface area contributed by atoms with Crippen molar-refractivity contribution in [1.29, 1.82) is 0 Å². The highest BCUT2D eigenvalue weighted by Crippen LogP contribution is 2.22. The molecule has 3 amide bonds. The second kappa shape index (κ2) is 7.44. The van der Waals surface area contributed by atoms with E-state index in [9.17, 15) is 9.59 Å². The Morgan fingerprint density at radius 3 is 2.59 bits per heavy atom. The lowest BCUT2D eigenvalue weighted by molar-refractivity contribution is -0.119. The van der Waals surface area contributed by atoms with Gasteiger partial charge in [-0.05, 0) is 34.6 Å². The second-order valence-electron chi connectivity index (χ2n) is 5.88. The van der Waals surface area contributed by atoms with Gasteiger partial charge in [-0.3, -0.25) is 10.1 Å². The van der Waals surface area contributed by atoms with Crippen LogP contribution in [0.2, 0.25) is 0 Å². The molecule has 8 heteroatoms. The minimum absolute atomic E-state index is 0.377. The first-order valence-corrected chi connectivity index (χ1v) is 7.82. The van der Waals surface area contributed by atoms with Crippen LogP contribution in [0, 0.1) is 6.92 Å². The van der Waals surface area contributed by atoms with Gasteiger partial charge in [0, 0.05) is 12.1 Å². The minimum atomic E-state index is -0.506. The summed E-state index contributed by atoms with van der Waals surface area (Å²) in [6, 6.07) is -0.506. The van der Waals surface area contributed by atoms with Crippen LogP contribution in [0.3, 0.4) is 0 Å². The van der Waals surface area contributed by atoms with Crippen LogP contribution in [0.25, 0.3) is 0 Å². The Morgan fingerprint density at radius 2 is 2.05 bits per heavy atom. The fourth-order valence-corrected chi connectivity index (χ4v) is 2.49. The molecule has 1 rings (SSSR count). The number of aryl methyl sites for hydroxylation is 1. The number of carbonyl (C=O) groups is 2. The van der Waals surface area contributed by atoms with Crippen LogP contribution < -0.4 is 10.6 Å². The highest BCUT2D eigenvalue weighted by molar-refractivity contribution is 8.00. The summed E-state index contributed by atoms with van der Waals surface area (Å²) in [5.74, 6) is 0.373. The zero-order valence-electron chi connectivity index (χ0n) is 13.6. The summed E-state index contributed by atoms with van der Waals surface area (Å²) in [6.45, 7) is 13.3. The van der Waals surface area contributed by atoms with Gasteiger partial charge in [-0.15, -0.1) is 16.8 Å². The van der Waals surface area contributed by atoms with E-state index in [-0.39, 0.29) is 5.91 Å². The Labute approximate surface area is 134 Å². The number of imide groups is 1. The molecular weight excluding hydrogens is 302 g/mol. The topological polar surface area (TPSA) is 88.9 Å². The number of nitrogens with one attached hydrogen (secondary N) is 2. The minimum Gasteiger partial charge on any atom is -0.333 e. The number of nitrogens with zero attached hydrogens (tertiary/aromatic N) is 3. The summed E-state index contributed by atoms with van der Waals surface area (Å²) < 4.78 is 1.86. The zero-order chi connectivity index (χ0) is 16.9. The molecule has 0 bridgehead atoms. The molecule has 22 heavy (non-hydrogen) atoms. The monoisotopic (exact) mass is 325 g/mol. The predicted molar refractivity (Wildman–Crippen MR) is 86.7 cm³/mol. The maximum Gasteiger partial charge on any atom is 0.321 e. The first-order valence-electron chi connectivity index (χ1n) is 6.94. The molecule has 1 heterocycles. The molecule has 0 fully saturated rings. The number of hydrogen-bond donors (Lipinski definition) is 2. The molecule has 0 aliphatic carbocycles. The summed E-state index contributed by atoms with van der Waals surface area (Å²) in [4.78, 5) is 23.8. The van der Waals surface area contributed by atoms with Crippen LogP contribution in [-0.4, -0.2) is 37.5 Å². The van der Waals surface area contributed by atoms with E-state index in [0.29, 0.717) is 11.7 Å². The van der Waals surface area contributed by atoms with Gasteiger partial charge in [-0.1, -0.05) is 17.8 Å². The van der Waals surface area contributed by atoms with Gasteiger partial charge in [0.15, 0.2) is 5.16 Å². The zero-order valence-corrected chi connectivity index (χ0v) is 14.5. The Bertz CT molecular complexity index is 562. The first-order chi connectivity index (χ1) is 10.1. The molecule has 1 aromatic rings. The smallest absolute Gasteiger partial charge is 0.321 e. The maximum atomic E-state index is 12.0. The molecule has 1 atom stereocenters. The number of allylic oxidation sites excluding steroid dienone is 1. The number of aromatic nitrogens is 3. The normalized spacial score (nSPS) is 12.6. The number of rotatable bonds is 5. The van der Waals surface area contributed by atoms with Gasteiger partial charge in [0.2, 0.25) is 5.91 Å². The van der Waals surface area contributed by atoms with E-state index in [2.05, 4.69) is 27.4 Å². The maximum absolute atomic E-state index is 12.0. The third-order valence-corrected chi connectivity index (χ3v) is 3.67. The van der Waals surface area contributed by atoms with Crippen molar-refractivity contribution in [3.63, 3.8) is 0 Å². The summed E-state index contributed by atoms with van der Waals surface area (Å²) >= 11 is 1.25. The molecular formula is C14H23N5O2S. The second-order valence-corrected chi connectivity index (χ2v) is 7.19. The van der Waals surface area contributed by atoms with Gasteiger partial charge in [0.25, 0.3) is 0 Å². The van der Waals surface area contributed by atoms with Crippen molar-refractivity contribution >= 4 is 23.7 Å². The van der Waals surface area contributed by atoms with Gasteiger partial charge < -0.3 is 9.88 Å². The summed E-state index contributed by atoms with van der Waals surface area (Å²) in [6.07, 6.45) is 1.74. The van der Waals surface area contributed by atoms with Crippen molar-refractivity contribution in [2.75, 3.05) is 0 Å². The van der Waals surface area contributed by atoms with E-state index >= 15 is 0 Å². The number of carbonyl (C=O) groups excluding carboxylic acids is 2. The molecule has 0 saturated heterocycles. The largest absolute Gasteiger partial charge is 0.333 e. The molecule has 122 valence electrons. The van der Waals surface area contributed by atoms with Gasteiger partial charge in [0.05, 0.1) is 5.25 Å². The molecule has 0 spiro atoms. The summed E-state index contributed by atoms with van der Waals surface area (Å²) in [5.41, 5.74) is -0.401. The van der Waals surface area contributed by atoms with E-state index in [1.165, 1.54) is 11.8 Å². The van der Waals surface area contributed by atoms with Crippen molar-refractivity contribution in [3.8, 4) is 0 Å². The molecule has 0 unspecified atom stereocenters. The van der Waals surface area contributed by atoms with E-state index < -0.39 is 16.8 Å². The van der Waals surface area contributed by atoms with Gasteiger partial charge in [-0.25, -0.2) is 4.79 Å². The quantitative estimate of drug-likeness (QED) is 0.637. The Balaban J connectivity index is 2.65. The summed E-state index contributed by atoms with van der Waals surface area (Å²) in [5, 5.41) is 13.2. The van der Waals surface area contributed by atoms with E-state index in [0.717, 1.165) is 5.82 Å². The van der Waals surface area contributed by atoms with Crippen molar-refractivity contribution in [3.05, 3.63) is 18.5 Å². The average Bonchev–Trinajstić information content (AvgIpc) is 2.69. The number of thioether (sulfide) groups is 1. The molecule has 0 radical (unpaired) electrons. The van der Waals surface area contributed by atoms with Crippen LogP contribution >= 0.6 is 11.8 Å².